The second-order valence-electron chi connectivity index (χ2n) is 3.69. The van der Waals surface area contributed by atoms with E-state index in [1.807, 2.05) is 16.7 Å². The van der Waals surface area contributed by atoms with Gasteiger partial charge in [-0.15, -0.1) is 23.1 Å². The van der Waals surface area contributed by atoms with Gasteiger partial charge < -0.3 is 9.64 Å². The van der Waals surface area contributed by atoms with Crippen molar-refractivity contribution >= 4 is 29.0 Å². The molecular formula is C11H15NO2S2. The highest BCUT2D eigenvalue weighted by atomic mass is 32.2. The van der Waals surface area contributed by atoms with Crippen LogP contribution >= 0.6 is 23.1 Å². The van der Waals surface area contributed by atoms with E-state index >= 15 is 0 Å². The average molecular weight is 257 g/mol. The minimum Gasteiger partial charge on any atom is -0.375 e. The van der Waals surface area contributed by atoms with E-state index in [1.165, 1.54) is 9.75 Å². The summed E-state index contributed by atoms with van der Waals surface area (Å²) in [5, 5.41) is 0.196. The minimum atomic E-state index is 0.0866. The zero-order chi connectivity index (χ0) is 11.5. The van der Waals surface area contributed by atoms with Crippen LogP contribution in [0.1, 0.15) is 15.1 Å². The van der Waals surface area contributed by atoms with Crippen molar-refractivity contribution in [2.24, 2.45) is 0 Å². The van der Waals surface area contributed by atoms with Crippen molar-refractivity contribution in [3.05, 3.63) is 21.9 Å². The van der Waals surface area contributed by atoms with Gasteiger partial charge in [0.2, 0.25) is 5.91 Å². The molecule has 0 radical (unpaired) electrons. The summed E-state index contributed by atoms with van der Waals surface area (Å²) in [5.74, 6) is 1.10. The van der Waals surface area contributed by atoms with E-state index in [0.29, 0.717) is 0 Å². The molecule has 1 atom stereocenters. The fraction of sp³-hybridized carbons (Fsp3) is 0.545. The second-order valence-corrected chi connectivity index (χ2v) is 6.20. The third kappa shape index (κ3) is 2.42. The van der Waals surface area contributed by atoms with Gasteiger partial charge in [0.25, 0.3) is 0 Å². The number of methoxy groups -OCH3 is 1. The number of rotatable bonds is 3. The number of ether oxygens (including phenoxy) is 1. The fourth-order valence-electron chi connectivity index (χ4n) is 1.75. The molecule has 0 aliphatic carbocycles. The van der Waals surface area contributed by atoms with Crippen molar-refractivity contribution in [1.82, 2.24) is 4.90 Å². The van der Waals surface area contributed by atoms with Crippen LogP contribution in [0.5, 0.6) is 0 Å². The lowest BCUT2D eigenvalue weighted by atomic mass is 10.4. The Balaban J connectivity index is 2.11. The summed E-state index contributed by atoms with van der Waals surface area (Å²) >= 11 is 3.60. The molecule has 0 aromatic carbocycles. The van der Waals surface area contributed by atoms with E-state index in [4.69, 9.17) is 4.74 Å². The highest BCUT2D eigenvalue weighted by Crippen LogP contribution is 2.40. The Hall–Kier alpha value is -0.520. The third-order valence-corrected chi connectivity index (χ3v) is 4.93. The molecule has 88 valence electrons. The lowest BCUT2D eigenvalue weighted by Crippen LogP contribution is -2.32. The number of carbonyl (C=O) groups excluding carboxylic acids is 1. The van der Waals surface area contributed by atoms with Crippen molar-refractivity contribution < 1.29 is 9.53 Å². The maximum absolute atomic E-state index is 11.8. The van der Waals surface area contributed by atoms with Gasteiger partial charge in [0.05, 0.1) is 0 Å². The summed E-state index contributed by atoms with van der Waals surface area (Å²) in [5.41, 5.74) is 0. The normalized spacial score (nSPS) is 20.4. The lowest BCUT2D eigenvalue weighted by molar-refractivity contribution is -0.135. The molecule has 1 aliphatic heterocycles. The van der Waals surface area contributed by atoms with E-state index in [2.05, 4.69) is 19.1 Å². The topological polar surface area (TPSA) is 29.5 Å². The van der Waals surface area contributed by atoms with Crippen LogP contribution in [0.15, 0.2) is 12.1 Å². The lowest BCUT2D eigenvalue weighted by Gasteiger charge is -2.22. The summed E-state index contributed by atoms with van der Waals surface area (Å²) in [7, 11) is 1.56. The van der Waals surface area contributed by atoms with E-state index in [-0.39, 0.29) is 17.9 Å². The van der Waals surface area contributed by atoms with Crippen LogP contribution in [0.4, 0.5) is 0 Å². The third-order valence-electron chi connectivity index (χ3n) is 2.48. The second kappa shape index (κ2) is 5.21. The molecule has 1 amide bonds. The molecule has 5 heteroatoms. The number of hydrogen-bond donors (Lipinski definition) is 0. The number of hydrogen-bond acceptors (Lipinski definition) is 4. The molecule has 1 unspecified atom stereocenters. The van der Waals surface area contributed by atoms with E-state index in [1.54, 1.807) is 18.4 Å². The zero-order valence-electron chi connectivity index (χ0n) is 9.43. The molecule has 0 N–H and O–H groups in total. The van der Waals surface area contributed by atoms with Gasteiger partial charge in [-0.2, -0.15) is 0 Å². The van der Waals surface area contributed by atoms with Crippen molar-refractivity contribution in [1.29, 1.82) is 0 Å². The molecule has 16 heavy (non-hydrogen) atoms. The molecule has 2 rings (SSSR count). The van der Waals surface area contributed by atoms with Gasteiger partial charge in [0, 0.05) is 29.2 Å². The molecular weight excluding hydrogens is 242 g/mol. The summed E-state index contributed by atoms with van der Waals surface area (Å²) in [6, 6.07) is 4.23. The van der Waals surface area contributed by atoms with Gasteiger partial charge in [-0.05, 0) is 19.1 Å². The maximum Gasteiger partial charge on any atom is 0.249 e. The van der Waals surface area contributed by atoms with Gasteiger partial charge in [0.15, 0.2) is 0 Å². The quantitative estimate of drug-likeness (QED) is 0.832. The van der Waals surface area contributed by atoms with Crippen LogP contribution in [0, 0.1) is 6.92 Å². The number of aryl methyl sites for hydroxylation is 1. The van der Waals surface area contributed by atoms with Crippen LogP contribution in [0.3, 0.4) is 0 Å². The molecule has 0 bridgehead atoms. The molecule has 1 fully saturated rings. The Morgan fingerprint density at radius 2 is 2.44 bits per heavy atom. The first-order valence-corrected chi connectivity index (χ1v) is 7.05. The number of thiophene rings is 1. The largest absolute Gasteiger partial charge is 0.375 e. The first-order chi connectivity index (χ1) is 7.72. The summed E-state index contributed by atoms with van der Waals surface area (Å²) in [4.78, 5) is 16.3. The highest BCUT2D eigenvalue weighted by molar-refractivity contribution is 7.99. The SMILES string of the molecule is COCC(=O)N1CCSC1c1ccc(C)s1. The maximum atomic E-state index is 11.8. The van der Waals surface area contributed by atoms with Crippen molar-refractivity contribution in [3.8, 4) is 0 Å². The summed E-state index contributed by atoms with van der Waals surface area (Å²) in [6.45, 7) is 3.10. The summed E-state index contributed by atoms with van der Waals surface area (Å²) < 4.78 is 4.91. The van der Waals surface area contributed by atoms with Crippen LogP contribution in [0.25, 0.3) is 0 Å². The molecule has 0 spiro atoms. The molecule has 1 aliphatic rings. The Kier molecular flexibility index (Phi) is 3.89. The first kappa shape index (κ1) is 12.0. The van der Waals surface area contributed by atoms with Crippen molar-refractivity contribution in [3.63, 3.8) is 0 Å². The van der Waals surface area contributed by atoms with Gasteiger partial charge >= 0.3 is 0 Å². The molecule has 0 saturated carbocycles. The zero-order valence-corrected chi connectivity index (χ0v) is 11.1. The predicted molar refractivity (Wildman–Crippen MR) is 67.8 cm³/mol. The predicted octanol–water partition coefficient (Wildman–Crippen LogP) is 2.28. The first-order valence-electron chi connectivity index (χ1n) is 5.18. The van der Waals surface area contributed by atoms with Gasteiger partial charge in [-0.1, -0.05) is 0 Å². The number of thioether (sulfide) groups is 1. The minimum absolute atomic E-state index is 0.0866. The van der Waals surface area contributed by atoms with Crippen LogP contribution < -0.4 is 0 Å². The Morgan fingerprint density at radius 1 is 1.62 bits per heavy atom. The van der Waals surface area contributed by atoms with E-state index in [9.17, 15) is 4.79 Å². The molecule has 1 aromatic rings. The molecule has 2 heterocycles. The molecule has 1 aromatic heterocycles. The molecule has 1 saturated heterocycles. The highest BCUT2D eigenvalue weighted by Gasteiger charge is 2.31. The number of nitrogens with zero attached hydrogens (tertiary/aromatic N) is 1. The monoisotopic (exact) mass is 257 g/mol. The van der Waals surface area contributed by atoms with Crippen LogP contribution in [-0.4, -0.2) is 36.8 Å². The van der Waals surface area contributed by atoms with Gasteiger partial charge in [-0.25, -0.2) is 0 Å². The van der Waals surface area contributed by atoms with Crippen molar-refractivity contribution in [2.45, 2.75) is 12.3 Å². The number of amides is 1. The number of carbonyl (C=O) groups is 1. The Bertz CT molecular complexity index is 378. The van der Waals surface area contributed by atoms with E-state index < -0.39 is 0 Å². The van der Waals surface area contributed by atoms with Gasteiger partial charge in [0.1, 0.15) is 12.0 Å². The van der Waals surface area contributed by atoms with Crippen LogP contribution in [0.2, 0.25) is 0 Å². The fourth-order valence-corrected chi connectivity index (χ4v) is 4.15. The Morgan fingerprint density at radius 3 is 3.06 bits per heavy atom. The van der Waals surface area contributed by atoms with Gasteiger partial charge in [-0.3, -0.25) is 4.79 Å². The van der Waals surface area contributed by atoms with Crippen LogP contribution in [-0.2, 0) is 9.53 Å². The molecule has 3 nitrogen and oxygen atoms in total. The van der Waals surface area contributed by atoms with Crippen molar-refractivity contribution in [2.75, 3.05) is 26.0 Å². The van der Waals surface area contributed by atoms with E-state index in [0.717, 1.165) is 12.3 Å². The smallest absolute Gasteiger partial charge is 0.249 e. The standard InChI is InChI=1S/C11H15NO2S2/c1-8-3-4-9(16-8)11-12(5-6-15-11)10(13)7-14-2/h3-4,11H,5-7H2,1-2H3. The summed E-state index contributed by atoms with van der Waals surface area (Å²) in [6.07, 6.45) is 0. The Labute approximate surface area is 104 Å². The average Bonchev–Trinajstić information content (AvgIpc) is 2.85.